The van der Waals surface area contributed by atoms with Crippen LogP contribution in [0, 0.1) is 0 Å². The van der Waals surface area contributed by atoms with Crippen LogP contribution in [0.5, 0.6) is 0 Å². The Kier molecular flexibility index (Phi) is 1.38. The van der Waals surface area contributed by atoms with E-state index in [4.69, 9.17) is 5.73 Å². The van der Waals surface area contributed by atoms with Crippen molar-refractivity contribution in [2.24, 2.45) is 0 Å². The Morgan fingerprint density at radius 1 is 1.36 bits per heavy atom. The van der Waals surface area contributed by atoms with E-state index in [9.17, 15) is 0 Å². The number of rotatable bonds is 2. The van der Waals surface area contributed by atoms with E-state index in [0.29, 0.717) is 11.9 Å². The summed E-state index contributed by atoms with van der Waals surface area (Å²) >= 11 is 0. The van der Waals surface area contributed by atoms with Crippen LogP contribution in [0.15, 0.2) is 12.1 Å². The predicted octanol–water partition coefficient (Wildman–Crippen LogP) is 0.633. The molecule has 0 unspecified atom stereocenters. The molecule has 1 aromatic heterocycles. The summed E-state index contributed by atoms with van der Waals surface area (Å²) in [6.45, 7) is 0. The summed E-state index contributed by atoms with van der Waals surface area (Å²) in [6, 6.07) is 4.21. The van der Waals surface area contributed by atoms with Gasteiger partial charge in [-0.1, -0.05) is 0 Å². The first-order valence-corrected chi connectivity index (χ1v) is 3.70. The van der Waals surface area contributed by atoms with E-state index >= 15 is 0 Å². The summed E-state index contributed by atoms with van der Waals surface area (Å²) in [4.78, 5) is 0. The third kappa shape index (κ3) is 1.58. The van der Waals surface area contributed by atoms with Crippen molar-refractivity contribution < 1.29 is 0 Å². The van der Waals surface area contributed by atoms with E-state index in [1.54, 1.807) is 6.07 Å². The van der Waals surface area contributed by atoms with Crippen molar-refractivity contribution in [3.8, 4) is 0 Å². The second-order valence-electron chi connectivity index (χ2n) is 2.76. The van der Waals surface area contributed by atoms with Gasteiger partial charge in [-0.3, -0.25) is 0 Å². The highest BCUT2D eigenvalue weighted by molar-refractivity contribution is 5.39. The SMILES string of the molecule is Nc1ccc(NC2CC2)nn1. The average molecular weight is 150 g/mol. The van der Waals surface area contributed by atoms with Crippen molar-refractivity contribution in [3.63, 3.8) is 0 Å². The van der Waals surface area contributed by atoms with Crippen LogP contribution in [-0.2, 0) is 0 Å². The van der Waals surface area contributed by atoms with Gasteiger partial charge in [0.2, 0.25) is 0 Å². The fraction of sp³-hybridized carbons (Fsp3) is 0.429. The van der Waals surface area contributed by atoms with Gasteiger partial charge >= 0.3 is 0 Å². The maximum Gasteiger partial charge on any atom is 0.149 e. The molecule has 0 amide bonds. The molecule has 1 fully saturated rings. The van der Waals surface area contributed by atoms with Crippen molar-refractivity contribution in [3.05, 3.63) is 12.1 Å². The molecular formula is C7H10N4. The molecule has 0 saturated heterocycles. The van der Waals surface area contributed by atoms with Gasteiger partial charge in [0.05, 0.1) is 0 Å². The normalized spacial score (nSPS) is 16.4. The minimum atomic E-state index is 0.464. The zero-order valence-electron chi connectivity index (χ0n) is 6.12. The van der Waals surface area contributed by atoms with Gasteiger partial charge in [0.1, 0.15) is 11.6 Å². The molecule has 1 aliphatic carbocycles. The second-order valence-corrected chi connectivity index (χ2v) is 2.76. The molecule has 1 aromatic rings. The topological polar surface area (TPSA) is 63.8 Å². The van der Waals surface area contributed by atoms with Crippen molar-refractivity contribution in [1.82, 2.24) is 10.2 Å². The van der Waals surface area contributed by atoms with Gasteiger partial charge in [0.25, 0.3) is 0 Å². The van der Waals surface area contributed by atoms with Crippen LogP contribution in [0.2, 0.25) is 0 Å². The minimum Gasteiger partial charge on any atom is -0.382 e. The number of nitrogens with two attached hydrogens (primary N) is 1. The molecule has 4 heteroatoms. The molecule has 2 rings (SSSR count). The second kappa shape index (κ2) is 2.38. The Bertz CT molecular complexity index is 239. The van der Waals surface area contributed by atoms with E-state index < -0.39 is 0 Å². The number of anilines is 2. The highest BCUT2D eigenvalue weighted by atomic mass is 15.2. The van der Waals surface area contributed by atoms with E-state index in [0.717, 1.165) is 5.82 Å². The van der Waals surface area contributed by atoms with Crippen molar-refractivity contribution >= 4 is 11.6 Å². The maximum absolute atomic E-state index is 5.37. The summed E-state index contributed by atoms with van der Waals surface area (Å²) in [5, 5.41) is 10.8. The number of aromatic nitrogens is 2. The Morgan fingerprint density at radius 2 is 2.18 bits per heavy atom. The Balaban J connectivity index is 2.06. The molecule has 0 bridgehead atoms. The molecule has 0 aromatic carbocycles. The van der Waals surface area contributed by atoms with Crippen molar-refractivity contribution in [1.29, 1.82) is 0 Å². The minimum absolute atomic E-state index is 0.464. The monoisotopic (exact) mass is 150 g/mol. The summed E-state index contributed by atoms with van der Waals surface area (Å²) in [6.07, 6.45) is 2.48. The molecule has 1 heterocycles. The zero-order valence-corrected chi connectivity index (χ0v) is 6.12. The van der Waals surface area contributed by atoms with E-state index in [-0.39, 0.29) is 0 Å². The molecular weight excluding hydrogens is 140 g/mol. The quantitative estimate of drug-likeness (QED) is 0.649. The summed E-state index contributed by atoms with van der Waals surface area (Å²) in [5.41, 5.74) is 5.37. The third-order valence-electron chi connectivity index (χ3n) is 1.61. The Labute approximate surface area is 64.8 Å². The molecule has 0 atom stereocenters. The smallest absolute Gasteiger partial charge is 0.149 e. The van der Waals surface area contributed by atoms with Crippen LogP contribution in [0.1, 0.15) is 12.8 Å². The summed E-state index contributed by atoms with van der Waals surface area (Å²) in [5.74, 6) is 1.29. The first-order valence-electron chi connectivity index (χ1n) is 3.70. The fourth-order valence-corrected chi connectivity index (χ4v) is 0.856. The summed E-state index contributed by atoms with van der Waals surface area (Å²) < 4.78 is 0. The molecule has 4 nitrogen and oxygen atoms in total. The molecule has 3 N–H and O–H groups in total. The molecule has 0 spiro atoms. The van der Waals surface area contributed by atoms with E-state index in [2.05, 4.69) is 15.5 Å². The number of nitrogen functional groups attached to an aromatic ring is 1. The molecule has 0 radical (unpaired) electrons. The molecule has 1 saturated carbocycles. The lowest BCUT2D eigenvalue weighted by Gasteiger charge is -2.00. The van der Waals surface area contributed by atoms with Crippen LogP contribution in [-0.4, -0.2) is 16.2 Å². The van der Waals surface area contributed by atoms with Crippen LogP contribution in [0.3, 0.4) is 0 Å². The highest BCUT2D eigenvalue weighted by Gasteiger charge is 2.21. The lowest BCUT2D eigenvalue weighted by molar-refractivity contribution is 1.01. The van der Waals surface area contributed by atoms with Gasteiger partial charge in [-0.2, -0.15) is 0 Å². The van der Waals surface area contributed by atoms with Gasteiger partial charge in [0.15, 0.2) is 0 Å². The average Bonchev–Trinajstić information content (AvgIpc) is 2.78. The van der Waals surface area contributed by atoms with Gasteiger partial charge in [-0.05, 0) is 25.0 Å². The van der Waals surface area contributed by atoms with Gasteiger partial charge in [-0.25, -0.2) is 0 Å². The van der Waals surface area contributed by atoms with Crippen molar-refractivity contribution in [2.45, 2.75) is 18.9 Å². The number of nitrogens with one attached hydrogen (secondary N) is 1. The zero-order chi connectivity index (χ0) is 7.68. The molecule has 1 aliphatic rings. The third-order valence-corrected chi connectivity index (χ3v) is 1.61. The summed E-state index contributed by atoms with van der Waals surface area (Å²) in [7, 11) is 0. The first kappa shape index (κ1) is 6.39. The van der Waals surface area contributed by atoms with Crippen LogP contribution in [0.4, 0.5) is 11.6 Å². The largest absolute Gasteiger partial charge is 0.382 e. The highest BCUT2D eigenvalue weighted by Crippen LogP contribution is 2.23. The van der Waals surface area contributed by atoms with Crippen molar-refractivity contribution in [2.75, 3.05) is 11.1 Å². The lowest BCUT2D eigenvalue weighted by atomic mass is 10.5. The molecule has 0 aliphatic heterocycles. The van der Waals surface area contributed by atoms with Crippen LogP contribution in [0.25, 0.3) is 0 Å². The molecule has 58 valence electrons. The van der Waals surface area contributed by atoms with Gasteiger partial charge in [-0.15, -0.1) is 10.2 Å². The van der Waals surface area contributed by atoms with E-state index in [1.165, 1.54) is 12.8 Å². The van der Waals surface area contributed by atoms with E-state index in [1.807, 2.05) is 6.07 Å². The lowest BCUT2D eigenvalue weighted by Crippen LogP contribution is -2.04. The number of hydrogen-bond acceptors (Lipinski definition) is 4. The maximum atomic E-state index is 5.37. The van der Waals surface area contributed by atoms with Crippen LogP contribution < -0.4 is 11.1 Å². The number of nitrogens with zero attached hydrogens (tertiary/aromatic N) is 2. The fourth-order valence-electron chi connectivity index (χ4n) is 0.856. The predicted molar refractivity (Wildman–Crippen MR) is 43.1 cm³/mol. The van der Waals surface area contributed by atoms with Crippen LogP contribution >= 0.6 is 0 Å². The standard InChI is InChI=1S/C7H10N4/c8-6-3-4-7(11-10-6)9-5-1-2-5/h3-5H,1-2H2,(H2,8,10)(H,9,11). The molecule has 11 heavy (non-hydrogen) atoms. The first-order chi connectivity index (χ1) is 5.34. The number of hydrogen-bond donors (Lipinski definition) is 2. The van der Waals surface area contributed by atoms with Gasteiger partial charge in [0, 0.05) is 6.04 Å². The van der Waals surface area contributed by atoms with Gasteiger partial charge < -0.3 is 11.1 Å². The Hall–Kier alpha value is -1.32. The Morgan fingerprint density at radius 3 is 2.73 bits per heavy atom.